The minimum atomic E-state index is -0.176. The average Bonchev–Trinajstić information content (AvgIpc) is 2.74. The Morgan fingerprint density at radius 2 is 1.67 bits per heavy atom. The summed E-state index contributed by atoms with van der Waals surface area (Å²) in [6.45, 7) is 14.1. The zero-order valence-electron chi connectivity index (χ0n) is 19.0. The van der Waals surface area contributed by atoms with E-state index in [2.05, 4.69) is 87.7 Å². The first-order valence-corrected chi connectivity index (χ1v) is 11.1. The fraction of sp³-hybridized carbons (Fsp3) is 0.444. The van der Waals surface area contributed by atoms with Crippen molar-refractivity contribution in [1.82, 2.24) is 4.90 Å². The van der Waals surface area contributed by atoms with Gasteiger partial charge in [-0.3, -0.25) is 9.69 Å². The summed E-state index contributed by atoms with van der Waals surface area (Å²) in [5.41, 5.74) is 3.63. The molecule has 0 bridgehead atoms. The second kappa shape index (κ2) is 12.3. The third-order valence-electron chi connectivity index (χ3n) is 5.51. The summed E-state index contributed by atoms with van der Waals surface area (Å²) >= 11 is 0. The molecule has 0 fully saturated rings. The van der Waals surface area contributed by atoms with E-state index in [-0.39, 0.29) is 5.97 Å². The van der Waals surface area contributed by atoms with Crippen molar-refractivity contribution in [3.8, 4) is 0 Å². The SMILES string of the molecule is C=CCCC(=O)OCc1cccc(C(CCN(C(C)C)C(C)C)c2ccccc2)c1. The lowest BCUT2D eigenvalue weighted by Crippen LogP contribution is -2.38. The zero-order chi connectivity index (χ0) is 21.9. The van der Waals surface area contributed by atoms with Gasteiger partial charge in [-0.1, -0.05) is 60.7 Å². The van der Waals surface area contributed by atoms with E-state index >= 15 is 0 Å². The number of nitrogens with zero attached hydrogens (tertiary/aromatic N) is 1. The Morgan fingerprint density at radius 3 is 2.30 bits per heavy atom. The highest BCUT2D eigenvalue weighted by Gasteiger charge is 2.19. The van der Waals surface area contributed by atoms with Gasteiger partial charge < -0.3 is 4.74 Å². The molecule has 0 aliphatic heterocycles. The van der Waals surface area contributed by atoms with Crippen molar-refractivity contribution in [3.05, 3.63) is 83.9 Å². The maximum Gasteiger partial charge on any atom is 0.306 e. The van der Waals surface area contributed by atoms with E-state index in [4.69, 9.17) is 4.74 Å². The lowest BCUT2D eigenvalue weighted by Gasteiger charge is -2.32. The number of carbonyl (C=O) groups excluding carboxylic acids is 1. The van der Waals surface area contributed by atoms with Gasteiger partial charge >= 0.3 is 5.97 Å². The maximum absolute atomic E-state index is 11.8. The molecule has 1 atom stereocenters. The molecule has 30 heavy (non-hydrogen) atoms. The molecule has 0 amide bonds. The van der Waals surface area contributed by atoms with Crippen molar-refractivity contribution in [2.45, 2.75) is 71.6 Å². The van der Waals surface area contributed by atoms with Gasteiger partial charge in [0.05, 0.1) is 0 Å². The molecule has 0 radical (unpaired) electrons. The highest BCUT2D eigenvalue weighted by atomic mass is 16.5. The van der Waals surface area contributed by atoms with Crippen molar-refractivity contribution in [3.63, 3.8) is 0 Å². The van der Waals surface area contributed by atoms with Crippen LogP contribution in [-0.4, -0.2) is 29.5 Å². The van der Waals surface area contributed by atoms with Gasteiger partial charge in [0, 0.05) is 24.4 Å². The van der Waals surface area contributed by atoms with Crippen LogP contribution in [0.5, 0.6) is 0 Å². The molecule has 0 aliphatic rings. The van der Waals surface area contributed by atoms with Gasteiger partial charge in [-0.05, 0) is 63.8 Å². The minimum Gasteiger partial charge on any atom is -0.461 e. The number of benzene rings is 2. The molecule has 0 heterocycles. The van der Waals surface area contributed by atoms with Gasteiger partial charge in [0.1, 0.15) is 6.61 Å². The van der Waals surface area contributed by atoms with Crippen molar-refractivity contribution in [1.29, 1.82) is 0 Å². The molecule has 0 aromatic heterocycles. The van der Waals surface area contributed by atoms with Crippen LogP contribution >= 0.6 is 0 Å². The minimum absolute atomic E-state index is 0.176. The van der Waals surface area contributed by atoms with E-state index in [1.165, 1.54) is 11.1 Å². The number of hydrogen-bond donors (Lipinski definition) is 0. The molecule has 0 saturated heterocycles. The highest BCUT2D eigenvalue weighted by molar-refractivity contribution is 5.69. The third-order valence-corrected chi connectivity index (χ3v) is 5.51. The molecular weight excluding hydrogens is 370 g/mol. The Balaban J connectivity index is 2.18. The van der Waals surface area contributed by atoms with E-state index in [0.29, 0.717) is 37.5 Å². The van der Waals surface area contributed by atoms with Crippen LogP contribution in [0.2, 0.25) is 0 Å². The van der Waals surface area contributed by atoms with Crippen LogP contribution in [0.1, 0.15) is 69.6 Å². The topological polar surface area (TPSA) is 29.5 Å². The summed E-state index contributed by atoms with van der Waals surface area (Å²) in [5, 5.41) is 0. The fourth-order valence-corrected chi connectivity index (χ4v) is 3.96. The van der Waals surface area contributed by atoms with Crippen LogP contribution in [0, 0.1) is 0 Å². The van der Waals surface area contributed by atoms with Gasteiger partial charge in [-0.2, -0.15) is 0 Å². The molecular formula is C27H37NO2. The average molecular weight is 408 g/mol. The Labute approximate surface area is 182 Å². The standard InChI is InChI=1S/C27H37NO2/c1-6-7-16-27(29)30-20-23-12-11-15-25(19-23)26(24-13-9-8-10-14-24)17-18-28(21(2)3)22(4)5/h6,8-15,19,21-22,26H,1,7,16-18,20H2,2-5H3. The van der Waals surface area contributed by atoms with E-state index in [9.17, 15) is 4.79 Å². The summed E-state index contributed by atoms with van der Waals surface area (Å²) in [5.74, 6) is 0.132. The molecule has 3 nitrogen and oxygen atoms in total. The van der Waals surface area contributed by atoms with E-state index in [1.807, 2.05) is 6.07 Å². The smallest absolute Gasteiger partial charge is 0.306 e. The molecule has 162 valence electrons. The summed E-state index contributed by atoms with van der Waals surface area (Å²) in [6, 6.07) is 20.2. The summed E-state index contributed by atoms with van der Waals surface area (Å²) < 4.78 is 5.44. The Hall–Kier alpha value is -2.39. The number of rotatable bonds is 12. The van der Waals surface area contributed by atoms with Gasteiger partial charge in [0.25, 0.3) is 0 Å². The van der Waals surface area contributed by atoms with E-state index < -0.39 is 0 Å². The van der Waals surface area contributed by atoms with Crippen molar-refractivity contribution >= 4 is 5.97 Å². The van der Waals surface area contributed by atoms with Gasteiger partial charge in [0.15, 0.2) is 0 Å². The maximum atomic E-state index is 11.8. The zero-order valence-corrected chi connectivity index (χ0v) is 19.0. The molecule has 0 aliphatic carbocycles. The number of esters is 1. The lowest BCUT2D eigenvalue weighted by atomic mass is 9.87. The quantitative estimate of drug-likeness (QED) is 0.304. The number of ether oxygens (including phenoxy) is 1. The van der Waals surface area contributed by atoms with E-state index in [0.717, 1.165) is 18.5 Å². The predicted molar refractivity (Wildman–Crippen MR) is 126 cm³/mol. The van der Waals surface area contributed by atoms with Crippen molar-refractivity contribution in [2.75, 3.05) is 6.54 Å². The summed E-state index contributed by atoms with van der Waals surface area (Å²) in [4.78, 5) is 14.4. The summed E-state index contributed by atoms with van der Waals surface area (Å²) in [6.07, 6.45) is 3.82. The normalized spacial score (nSPS) is 12.4. The Kier molecular flexibility index (Phi) is 9.82. The van der Waals surface area contributed by atoms with Gasteiger partial charge in [-0.25, -0.2) is 0 Å². The first kappa shape index (κ1) is 23.9. The van der Waals surface area contributed by atoms with Gasteiger partial charge in [-0.15, -0.1) is 6.58 Å². The first-order valence-electron chi connectivity index (χ1n) is 11.1. The second-order valence-electron chi connectivity index (χ2n) is 8.41. The summed E-state index contributed by atoms with van der Waals surface area (Å²) in [7, 11) is 0. The Bertz CT molecular complexity index is 774. The molecule has 2 rings (SSSR count). The third kappa shape index (κ3) is 7.46. The van der Waals surface area contributed by atoms with Crippen LogP contribution in [0.4, 0.5) is 0 Å². The predicted octanol–water partition coefficient (Wildman–Crippen LogP) is 6.34. The molecule has 3 heteroatoms. The largest absolute Gasteiger partial charge is 0.461 e. The molecule has 0 saturated carbocycles. The van der Waals surface area contributed by atoms with Crippen LogP contribution in [-0.2, 0) is 16.1 Å². The molecule has 0 spiro atoms. The van der Waals surface area contributed by atoms with Crippen LogP contribution in [0.15, 0.2) is 67.3 Å². The number of hydrogen-bond acceptors (Lipinski definition) is 3. The monoisotopic (exact) mass is 407 g/mol. The fourth-order valence-electron chi connectivity index (χ4n) is 3.96. The number of allylic oxidation sites excluding steroid dienone is 1. The van der Waals surface area contributed by atoms with E-state index in [1.54, 1.807) is 6.08 Å². The molecule has 2 aromatic rings. The van der Waals surface area contributed by atoms with Crippen molar-refractivity contribution in [2.24, 2.45) is 0 Å². The van der Waals surface area contributed by atoms with Crippen LogP contribution in [0.25, 0.3) is 0 Å². The molecule has 2 aromatic carbocycles. The van der Waals surface area contributed by atoms with Crippen LogP contribution in [0.3, 0.4) is 0 Å². The van der Waals surface area contributed by atoms with Crippen molar-refractivity contribution < 1.29 is 9.53 Å². The molecule has 0 N–H and O–H groups in total. The Morgan fingerprint density at radius 1 is 1.00 bits per heavy atom. The lowest BCUT2D eigenvalue weighted by molar-refractivity contribution is -0.144. The van der Waals surface area contributed by atoms with Gasteiger partial charge in [0.2, 0.25) is 0 Å². The second-order valence-corrected chi connectivity index (χ2v) is 8.41. The highest BCUT2D eigenvalue weighted by Crippen LogP contribution is 2.29. The first-order chi connectivity index (χ1) is 14.4. The number of carbonyl (C=O) groups is 1. The van der Waals surface area contributed by atoms with Crippen LogP contribution < -0.4 is 0 Å². The molecule has 1 unspecified atom stereocenters.